The third-order valence-corrected chi connectivity index (χ3v) is 8.66. The van der Waals surface area contributed by atoms with E-state index in [-0.39, 0.29) is 24.4 Å². The first-order valence-corrected chi connectivity index (χ1v) is 11.9. The van der Waals surface area contributed by atoms with E-state index in [0.29, 0.717) is 23.6 Å². The standard InChI is InChI=1S/C21H28N2O3S2/c1-14-7-8-15(2)19(12-14)17(4)22-21(24)18-6-5-11-23(13-18)28(25,26)20-10-9-16(3)27-20/h7-10,12,17-18H,5-6,11,13H2,1-4H3,(H,22,24). The highest BCUT2D eigenvalue weighted by molar-refractivity contribution is 7.91. The number of benzene rings is 1. The number of carbonyl (C=O) groups excluding carboxylic acids is 1. The average Bonchev–Trinajstić information content (AvgIpc) is 3.11. The summed E-state index contributed by atoms with van der Waals surface area (Å²) < 4.78 is 27.6. The fourth-order valence-corrected chi connectivity index (χ4v) is 6.65. The van der Waals surface area contributed by atoms with Gasteiger partial charge in [0.2, 0.25) is 5.91 Å². The van der Waals surface area contributed by atoms with Gasteiger partial charge in [0.05, 0.1) is 12.0 Å². The predicted octanol–water partition coefficient (Wildman–Crippen LogP) is 3.95. The van der Waals surface area contributed by atoms with Crippen molar-refractivity contribution in [3.05, 3.63) is 51.9 Å². The Morgan fingerprint density at radius 2 is 1.96 bits per heavy atom. The van der Waals surface area contributed by atoms with Crippen LogP contribution in [-0.4, -0.2) is 31.7 Å². The molecule has 1 aliphatic rings. The third-order valence-electron chi connectivity index (χ3n) is 5.32. The van der Waals surface area contributed by atoms with Crippen LogP contribution in [0, 0.1) is 26.7 Å². The lowest BCUT2D eigenvalue weighted by Gasteiger charge is -2.31. The van der Waals surface area contributed by atoms with E-state index in [4.69, 9.17) is 0 Å². The monoisotopic (exact) mass is 420 g/mol. The molecule has 1 N–H and O–H groups in total. The van der Waals surface area contributed by atoms with Gasteiger partial charge in [0, 0.05) is 18.0 Å². The minimum atomic E-state index is -3.53. The van der Waals surface area contributed by atoms with Crippen LogP contribution < -0.4 is 5.32 Å². The van der Waals surface area contributed by atoms with Gasteiger partial charge >= 0.3 is 0 Å². The quantitative estimate of drug-likeness (QED) is 0.796. The molecule has 5 nitrogen and oxygen atoms in total. The Morgan fingerprint density at radius 3 is 2.64 bits per heavy atom. The molecule has 1 amide bonds. The molecular weight excluding hydrogens is 392 g/mol. The molecule has 1 saturated heterocycles. The molecule has 3 rings (SSSR count). The van der Waals surface area contributed by atoms with Crippen LogP contribution >= 0.6 is 11.3 Å². The van der Waals surface area contributed by atoms with Crippen molar-refractivity contribution in [2.75, 3.05) is 13.1 Å². The molecule has 28 heavy (non-hydrogen) atoms. The molecule has 0 saturated carbocycles. The number of amides is 1. The molecule has 2 heterocycles. The maximum atomic E-state index is 12.9. The minimum absolute atomic E-state index is 0.0735. The molecule has 1 aromatic carbocycles. The van der Waals surface area contributed by atoms with Gasteiger partial charge in [-0.05, 0) is 63.8 Å². The Kier molecular flexibility index (Phi) is 6.27. The number of nitrogens with zero attached hydrogens (tertiary/aromatic N) is 1. The zero-order valence-electron chi connectivity index (χ0n) is 16.9. The molecule has 2 atom stereocenters. The summed E-state index contributed by atoms with van der Waals surface area (Å²) in [5, 5.41) is 3.09. The van der Waals surface area contributed by atoms with Crippen LogP contribution in [0.1, 0.15) is 47.4 Å². The normalized spacial score (nSPS) is 19.4. The summed E-state index contributed by atoms with van der Waals surface area (Å²) in [6.45, 7) is 8.65. The Balaban J connectivity index is 1.70. The minimum Gasteiger partial charge on any atom is -0.349 e. The van der Waals surface area contributed by atoms with Gasteiger partial charge in [-0.2, -0.15) is 4.31 Å². The van der Waals surface area contributed by atoms with Crippen molar-refractivity contribution >= 4 is 27.3 Å². The Bertz CT molecular complexity index is 966. The molecule has 0 radical (unpaired) electrons. The number of thiophene rings is 1. The summed E-state index contributed by atoms with van der Waals surface area (Å²) in [6.07, 6.45) is 1.40. The van der Waals surface area contributed by atoms with E-state index in [9.17, 15) is 13.2 Å². The molecule has 0 spiro atoms. The van der Waals surface area contributed by atoms with Crippen molar-refractivity contribution in [1.82, 2.24) is 9.62 Å². The maximum absolute atomic E-state index is 12.9. The summed E-state index contributed by atoms with van der Waals surface area (Å²) in [5.41, 5.74) is 3.39. The highest BCUT2D eigenvalue weighted by Crippen LogP contribution is 2.29. The van der Waals surface area contributed by atoms with E-state index in [0.717, 1.165) is 21.6 Å². The summed E-state index contributed by atoms with van der Waals surface area (Å²) in [7, 11) is -3.53. The number of rotatable bonds is 5. The lowest BCUT2D eigenvalue weighted by molar-refractivity contribution is -0.126. The topological polar surface area (TPSA) is 66.5 Å². The predicted molar refractivity (Wildman–Crippen MR) is 113 cm³/mol. The molecule has 2 aromatic rings. The summed E-state index contributed by atoms with van der Waals surface area (Å²) in [5.74, 6) is -0.396. The lowest BCUT2D eigenvalue weighted by atomic mass is 9.96. The van der Waals surface area contributed by atoms with Crippen LogP contribution in [0.15, 0.2) is 34.5 Å². The molecule has 0 aliphatic carbocycles. The maximum Gasteiger partial charge on any atom is 0.252 e. The number of aryl methyl sites for hydroxylation is 3. The first kappa shape index (κ1) is 21.0. The smallest absolute Gasteiger partial charge is 0.252 e. The second-order valence-electron chi connectivity index (χ2n) is 7.66. The molecule has 152 valence electrons. The first-order valence-electron chi connectivity index (χ1n) is 9.62. The van der Waals surface area contributed by atoms with E-state index in [2.05, 4.69) is 23.5 Å². The fraction of sp³-hybridized carbons (Fsp3) is 0.476. The van der Waals surface area contributed by atoms with Crippen molar-refractivity contribution < 1.29 is 13.2 Å². The van der Waals surface area contributed by atoms with Crippen molar-refractivity contribution in [2.24, 2.45) is 5.92 Å². The SMILES string of the molecule is Cc1ccc(C)c(C(C)NC(=O)C2CCCN(S(=O)(=O)c3ccc(C)s3)C2)c1. The molecule has 1 aliphatic heterocycles. The molecule has 2 unspecified atom stereocenters. The second kappa shape index (κ2) is 8.35. The lowest BCUT2D eigenvalue weighted by Crippen LogP contribution is -2.45. The van der Waals surface area contributed by atoms with Crippen LogP contribution in [0.25, 0.3) is 0 Å². The number of hydrogen-bond donors (Lipinski definition) is 1. The van der Waals surface area contributed by atoms with Gasteiger partial charge in [0.15, 0.2) is 0 Å². The molecule has 0 bridgehead atoms. The van der Waals surface area contributed by atoms with Gasteiger partial charge < -0.3 is 5.32 Å². The zero-order valence-corrected chi connectivity index (χ0v) is 18.5. The highest BCUT2D eigenvalue weighted by Gasteiger charge is 2.34. The van der Waals surface area contributed by atoms with Gasteiger partial charge in [-0.1, -0.05) is 23.8 Å². The van der Waals surface area contributed by atoms with Gasteiger partial charge in [0.1, 0.15) is 4.21 Å². The van der Waals surface area contributed by atoms with Crippen molar-refractivity contribution in [3.8, 4) is 0 Å². The zero-order chi connectivity index (χ0) is 20.5. The molecule has 1 fully saturated rings. The Hall–Kier alpha value is -1.70. The fourth-order valence-electron chi connectivity index (χ4n) is 3.69. The first-order chi connectivity index (χ1) is 13.2. The number of sulfonamides is 1. The van der Waals surface area contributed by atoms with E-state index in [1.807, 2.05) is 33.8 Å². The van der Waals surface area contributed by atoms with Crippen molar-refractivity contribution in [2.45, 2.75) is 50.8 Å². The molecular formula is C21H28N2O3S2. The van der Waals surface area contributed by atoms with Gasteiger partial charge in [-0.15, -0.1) is 11.3 Å². The van der Waals surface area contributed by atoms with E-state index < -0.39 is 10.0 Å². The van der Waals surface area contributed by atoms with Crippen LogP contribution in [0.4, 0.5) is 0 Å². The van der Waals surface area contributed by atoms with E-state index in [1.54, 1.807) is 6.07 Å². The van der Waals surface area contributed by atoms with Crippen LogP contribution in [0.3, 0.4) is 0 Å². The Morgan fingerprint density at radius 1 is 1.21 bits per heavy atom. The van der Waals surface area contributed by atoms with Gasteiger partial charge in [-0.3, -0.25) is 4.79 Å². The highest BCUT2D eigenvalue weighted by atomic mass is 32.2. The van der Waals surface area contributed by atoms with E-state index >= 15 is 0 Å². The number of piperidine rings is 1. The molecule has 1 aromatic heterocycles. The van der Waals surface area contributed by atoms with Crippen LogP contribution in [-0.2, 0) is 14.8 Å². The number of carbonyl (C=O) groups is 1. The number of nitrogens with one attached hydrogen (secondary N) is 1. The molecule has 7 heteroatoms. The number of hydrogen-bond acceptors (Lipinski definition) is 4. The summed E-state index contributed by atoms with van der Waals surface area (Å²) in [4.78, 5) is 13.8. The Labute approximate surface area is 171 Å². The van der Waals surface area contributed by atoms with Gasteiger partial charge in [0.25, 0.3) is 10.0 Å². The largest absolute Gasteiger partial charge is 0.349 e. The third kappa shape index (κ3) is 4.47. The van der Waals surface area contributed by atoms with Crippen LogP contribution in [0.2, 0.25) is 0 Å². The van der Waals surface area contributed by atoms with Crippen molar-refractivity contribution in [3.63, 3.8) is 0 Å². The average molecular weight is 421 g/mol. The summed E-state index contributed by atoms with van der Waals surface area (Å²) >= 11 is 1.28. The van der Waals surface area contributed by atoms with E-state index in [1.165, 1.54) is 15.6 Å². The van der Waals surface area contributed by atoms with Crippen molar-refractivity contribution in [1.29, 1.82) is 0 Å². The second-order valence-corrected chi connectivity index (χ2v) is 11.1. The van der Waals surface area contributed by atoms with Crippen LogP contribution in [0.5, 0.6) is 0 Å². The summed E-state index contributed by atoms with van der Waals surface area (Å²) in [6, 6.07) is 9.57. The van der Waals surface area contributed by atoms with Gasteiger partial charge in [-0.25, -0.2) is 8.42 Å².